The molecule has 1 aromatic heterocycles. The molecule has 0 aliphatic rings. The Labute approximate surface area is 110 Å². The Morgan fingerprint density at radius 2 is 2.26 bits per heavy atom. The smallest absolute Gasteiger partial charge is 0.257 e. The molecule has 100 valence electrons. The van der Waals surface area contributed by atoms with Crippen molar-refractivity contribution in [3.05, 3.63) is 42.5 Å². The van der Waals surface area contributed by atoms with Gasteiger partial charge in [-0.2, -0.15) is 0 Å². The predicted molar refractivity (Wildman–Crippen MR) is 68.9 cm³/mol. The van der Waals surface area contributed by atoms with Gasteiger partial charge in [-0.1, -0.05) is 12.1 Å². The molecule has 0 spiro atoms. The number of rotatable bonds is 6. The summed E-state index contributed by atoms with van der Waals surface area (Å²) < 4.78 is 5.20. The van der Waals surface area contributed by atoms with E-state index in [1.807, 2.05) is 0 Å². The topological polar surface area (TPSA) is 87.2 Å². The minimum atomic E-state index is -0.241. The largest absolute Gasteiger partial charge is 0.504 e. The summed E-state index contributed by atoms with van der Waals surface area (Å²) in [5.41, 5.74) is 0. The first kappa shape index (κ1) is 12.9. The first-order valence-corrected chi connectivity index (χ1v) is 5.91. The van der Waals surface area contributed by atoms with Gasteiger partial charge in [0, 0.05) is 25.4 Å². The summed E-state index contributed by atoms with van der Waals surface area (Å²) in [7, 11) is 0. The number of nitrogens with zero attached hydrogens (tertiary/aromatic N) is 1. The van der Waals surface area contributed by atoms with Gasteiger partial charge < -0.3 is 20.1 Å². The van der Waals surface area contributed by atoms with E-state index in [1.165, 1.54) is 6.07 Å². The molecule has 0 unspecified atom stereocenters. The Balaban J connectivity index is 1.69. The van der Waals surface area contributed by atoms with Crippen molar-refractivity contribution in [2.45, 2.75) is 6.42 Å². The Morgan fingerprint density at radius 1 is 1.42 bits per heavy atom. The summed E-state index contributed by atoms with van der Waals surface area (Å²) >= 11 is 0. The van der Waals surface area contributed by atoms with E-state index in [9.17, 15) is 9.90 Å². The van der Waals surface area contributed by atoms with Gasteiger partial charge in [-0.3, -0.25) is 4.79 Å². The number of aromatic hydroxyl groups is 1. The quantitative estimate of drug-likeness (QED) is 0.719. The van der Waals surface area contributed by atoms with Crippen LogP contribution in [0.2, 0.25) is 0 Å². The number of imidazole rings is 1. The number of amides is 1. The number of hydrogen-bond donors (Lipinski definition) is 3. The molecule has 0 aliphatic carbocycles. The van der Waals surface area contributed by atoms with Crippen molar-refractivity contribution in [2.75, 3.05) is 13.2 Å². The molecule has 1 heterocycles. The molecule has 19 heavy (non-hydrogen) atoms. The van der Waals surface area contributed by atoms with E-state index in [4.69, 9.17) is 4.74 Å². The van der Waals surface area contributed by atoms with Crippen molar-refractivity contribution < 1.29 is 14.6 Å². The van der Waals surface area contributed by atoms with Gasteiger partial charge in [0.1, 0.15) is 5.82 Å². The molecule has 0 saturated heterocycles. The molecule has 0 saturated carbocycles. The van der Waals surface area contributed by atoms with Crippen molar-refractivity contribution in [2.24, 2.45) is 0 Å². The highest BCUT2D eigenvalue weighted by atomic mass is 16.5. The Hall–Kier alpha value is -2.50. The number of aromatic nitrogens is 2. The van der Waals surface area contributed by atoms with E-state index in [0.717, 1.165) is 5.82 Å². The maximum atomic E-state index is 11.5. The van der Waals surface area contributed by atoms with Gasteiger partial charge >= 0.3 is 0 Å². The maximum absolute atomic E-state index is 11.5. The van der Waals surface area contributed by atoms with Gasteiger partial charge in [0.15, 0.2) is 18.1 Å². The number of hydrogen-bond acceptors (Lipinski definition) is 4. The number of ether oxygens (including phenoxy) is 1. The molecule has 0 aliphatic heterocycles. The Morgan fingerprint density at radius 3 is 3.00 bits per heavy atom. The molecule has 6 heteroatoms. The van der Waals surface area contributed by atoms with Gasteiger partial charge in [0.25, 0.3) is 5.91 Å². The van der Waals surface area contributed by atoms with Gasteiger partial charge in [0.05, 0.1) is 0 Å². The number of phenols is 1. The number of para-hydroxylation sites is 2. The molecule has 0 fully saturated rings. The molecule has 3 N–H and O–H groups in total. The number of aromatic amines is 1. The minimum Gasteiger partial charge on any atom is -0.504 e. The second kappa shape index (κ2) is 6.44. The summed E-state index contributed by atoms with van der Waals surface area (Å²) in [4.78, 5) is 18.5. The molecule has 0 bridgehead atoms. The lowest BCUT2D eigenvalue weighted by molar-refractivity contribution is -0.123. The lowest BCUT2D eigenvalue weighted by Gasteiger charge is -2.08. The highest BCUT2D eigenvalue weighted by Crippen LogP contribution is 2.23. The van der Waals surface area contributed by atoms with Crippen LogP contribution in [0.25, 0.3) is 0 Å². The fourth-order valence-corrected chi connectivity index (χ4v) is 1.53. The SMILES string of the molecule is O=C(COc1ccccc1O)NCCc1ncc[nH]1. The number of phenolic OH excluding ortho intramolecular Hbond substituents is 1. The Bertz CT molecular complexity index is 526. The molecular weight excluding hydrogens is 246 g/mol. The van der Waals surface area contributed by atoms with Crippen LogP contribution in [0, 0.1) is 0 Å². The maximum Gasteiger partial charge on any atom is 0.257 e. The third-order valence-electron chi connectivity index (χ3n) is 2.46. The van der Waals surface area contributed by atoms with Crippen LogP contribution >= 0.6 is 0 Å². The van der Waals surface area contributed by atoms with E-state index in [0.29, 0.717) is 18.7 Å². The minimum absolute atomic E-state index is 0.0193. The highest BCUT2D eigenvalue weighted by molar-refractivity contribution is 5.77. The number of carbonyl (C=O) groups excluding carboxylic acids is 1. The van der Waals surface area contributed by atoms with Gasteiger partial charge in [-0.05, 0) is 12.1 Å². The standard InChI is InChI=1S/C13H15N3O3/c17-10-3-1-2-4-11(10)19-9-13(18)16-6-5-12-14-7-8-15-12/h1-4,7-8,17H,5-6,9H2,(H,14,15)(H,16,18). The van der Waals surface area contributed by atoms with Gasteiger partial charge in [0.2, 0.25) is 0 Å². The van der Waals surface area contributed by atoms with Crippen molar-refractivity contribution in [1.82, 2.24) is 15.3 Å². The van der Waals surface area contributed by atoms with Gasteiger partial charge in [-0.25, -0.2) is 4.98 Å². The summed E-state index contributed by atoms with van der Waals surface area (Å²) in [6, 6.07) is 6.52. The zero-order chi connectivity index (χ0) is 13.5. The van der Waals surface area contributed by atoms with Gasteiger partial charge in [-0.15, -0.1) is 0 Å². The zero-order valence-electron chi connectivity index (χ0n) is 10.3. The van der Waals surface area contributed by atoms with Crippen LogP contribution in [0.3, 0.4) is 0 Å². The average molecular weight is 261 g/mol. The first-order valence-electron chi connectivity index (χ1n) is 5.91. The van der Waals surface area contributed by atoms with Crippen LogP contribution in [0.15, 0.2) is 36.7 Å². The normalized spacial score (nSPS) is 10.1. The fraction of sp³-hybridized carbons (Fsp3) is 0.231. The van der Waals surface area contributed by atoms with E-state index < -0.39 is 0 Å². The average Bonchev–Trinajstić information content (AvgIpc) is 2.91. The van der Waals surface area contributed by atoms with Crippen LogP contribution in [-0.4, -0.2) is 34.1 Å². The van der Waals surface area contributed by atoms with Crippen LogP contribution in [-0.2, 0) is 11.2 Å². The van der Waals surface area contributed by atoms with Crippen molar-refractivity contribution in [1.29, 1.82) is 0 Å². The summed E-state index contributed by atoms with van der Waals surface area (Å²) in [5, 5.41) is 12.2. The van der Waals surface area contributed by atoms with Crippen molar-refractivity contribution in [3.63, 3.8) is 0 Å². The van der Waals surface area contributed by atoms with Crippen molar-refractivity contribution in [3.8, 4) is 11.5 Å². The van der Waals surface area contributed by atoms with Crippen LogP contribution < -0.4 is 10.1 Å². The third-order valence-corrected chi connectivity index (χ3v) is 2.46. The lowest BCUT2D eigenvalue weighted by atomic mass is 10.3. The lowest BCUT2D eigenvalue weighted by Crippen LogP contribution is -2.30. The molecule has 1 amide bonds. The van der Waals surface area contributed by atoms with Crippen molar-refractivity contribution >= 4 is 5.91 Å². The number of carbonyl (C=O) groups is 1. The molecular formula is C13H15N3O3. The van der Waals surface area contributed by atoms with Crippen LogP contribution in [0.4, 0.5) is 0 Å². The molecule has 6 nitrogen and oxygen atoms in total. The van der Waals surface area contributed by atoms with E-state index >= 15 is 0 Å². The number of benzene rings is 1. The molecule has 0 radical (unpaired) electrons. The number of H-pyrrole nitrogens is 1. The monoisotopic (exact) mass is 261 g/mol. The predicted octanol–water partition coefficient (Wildman–Crippen LogP) is 0.853. The second-order valence-corrected chi connectivity index (χ2v) is 3.89. The third kappa shape index (κ3) is 4.02. The summed E-state index contributed by atoms with van der Waals surface area (Å²) in [6.07, 6.45) is 4.03. The van der Waals surface area contributed by atoms with E-state index in [-0.39, 0.29) is 18.3 Å². The zero-order valence-corrected chi connectivity index (χ0v) is 10.3. The molecule has 2 aromatic rings. The van der Waals surface area contributed by atoms with Crippen LogP contribution in [0.1, 0.15) is 5.82 Å². The van der Waals surface area contributed by atoms with E-state index in [2.05, 4.69) is 15.3 Å². The second-order valence-electron chi connectivity index (χ2n) is 3.89. The highest BCUT2D eigenvalue weighted by Gasteiger charge is 2.05. The molecule has 2 rings (SSSR count). The first-order chi connectivity index (χ1) is 9.25. The number of nitrogens with one attached hydrogen (secondary N) is 2. The Kier molecular flexibility index (Phi) is 4.39. The molecule has 0 atom stereocenters. The van der Waals surface area contributed by atoms with E-state index in [1.54, 1.807) is 30.6 Å². The fourth-order valence-electron chi connectivity index (χ4n) is 1.53. The van der Waals surface area contributed by atoms with Crippen LogP contribution in [0.5, 0.6) is 11.5 Å². The summed E-state index contributed by atoms with van der Waals surface area (Å²) in [6.45, 7) is 0.353. The summed E-state index contributed by atoms with van der Waals surface area (Å²) in [5.74, 6) is 0.895. The molecule has 1 aromatic carbocycles.